The monoisotopic (exact) mass is 216 g/mol. The summed E-state index contributed by atoms with van der Waals surface area (Å²) >= 11 is 11.4. The molecule has 0 unspecified atom stereocenters. The molecule has 10 heavy (non-hydrogen) atoms. The summed E-state index contributed by atoms with van der Waals surface area (Å²) in [5.74, 6) is 5.16. The maximum absolute atomic E-state index is 5.71. The number of rotatable bonds is 0. The first kappa shape index (κ1) is 10.7. The van der Waals surface area contributed by atoms with Gasteiger partial charge in [0.25, 0.3) is 0 Å². The predicted molar refractivity (Wildman–Crippen MR) is 46.7 cm³/mol. The average molecular weight is 217 g/mol. The number of halogens is 3. The van der Waals surface area contributed by atoms with Gasteiger partial charge < -0.3 is 12.4 Å². The van der Waals surface area contributed by atoms with E-state index >= 15 is 0 Å². The average Bonchev–Trinajstić information content (AvgIpc) is 1.79. The Morgan fingerprint density at radius 2 is 1.90 bits per heavy atom. The molecular weight excluding hydrogens is 209 g/mol. The van der Waals surface area contributed by atoms with E-state index in [9.17, 15) is 0 Å². The normalized spacial score (nSPS) is 23.6. The van der Waals surface area contributed by atoms with E-state index in [0.29, 0.717) is 10.1 Å². The maximum atomic E-state index is 5.71. The van der Waals surface area contributed by atoms with Crippen molar-refractivity contribution in [3.63, 3.8) is 0 Å². The van der Waals surface area contributed by atoms with Crippen LogP contribution in [0.4, 0.5) is 0 Å². The molecule has 0 nitrogen and oxygen atoms in total. The van der Waals surface area contributed by atoms with Crippen LogP contribution in [0, 0.1) is 5.82 Å². The Balaban J connectivity index is 0.000000810. The predicted octanol–water partition coefficient (Wildman–Crippen LogP) is -0.0229. The fraction of sp³-hybridized carbons (Fsp3) is 0.333. The van der Waals surface area contributed by atoms with Crippen molar-refractivity contribution < 1.29 is 12.4 Å². The van der Waals surface area contributed by atoms with Crippen molar-refractivity contribution in [2.24, 2.45) is 0 Å². The largest absolute Gasteiger partial charge is 1.00 e. The maximum Gasteiger partial charge on any atom is -1.00 e. The standard InChI is InChI=1S/C6H8Cl2P.ClH/c1-9(2)3-5(7)6(8)4-9;/h3,9H,1-2H3;1H/q+1;/p-1. The van der Waals surface area contributed by atoms with Crippen LogP contribution in [0.15, 0.2) is 15.9 Å². The zero-order valence-electron chi connectivity index (χ0n) is 5.71. The molecule has 0 aliphatic carbocycles. The van der Waals surface area contributed by atoms with Gasteiger partial charge in [-0.25, -0.2) is 0 Å². The SMILES string of the molecule is C[PH]1(C)[C+]=C(Cl)C(Cl)=C1.[Cl-]. The Hall–Kier alpha value is 0.690. The van der Waals surface area contributed by atoms with Gasteiger partial charge in [0.1, 0.15) is 0 Å². The minimum atomic E-state index is -1.38. The van der Waals surface area contributed by atoms with Gasteiger partial charge in [0.2, 0.25) is 0 Å². The van der Waals surface area contributed by atoms with Crippen LogP contribution in [0.2, 0.25) is 0 Å². The summed E-state index contributed by atoms with van der Waals surface area (Å²) < 4.78 is 0. The molecule has 0 spiro atoms. The molecule has 0 fully saturated rings. The van der Waals surface area contributed by atoms with Gasteiger partial charge in [-0.1, -0.05) is 0 Å². The van der Waals surface area contributed by atoms with Crippen molar-refractivity contribution in [1.29, 1.82) is 0 Å². The van der Waals surface area contributed by atoms with Crippen LogP contribution in [0.1, 0.15) is 0 Å². The Bertz CT molecular complexity index is 173. The molecule has 4 heteroatoms. The van der Waals surface area contributed by atoms with Crippen LogP contribution in [-0.2, 0) is 0 Å². The summed E-state index contributed by atoms with van der Waals surface area (Å²) in [7, 11) is -1.38. The van der Waals surface area contributed by atoms with E-state index in [1.54, 1.807) is 0 Å². The molecule has 1 heterocycles. The zero-order valence-corrected chi connectivity index (χ0v) is 8.98. The zero-order chi connectivity index (χ0) is 7.07. The third kappa shape index (κ3) is 2.38. The first-order chi connectivity index (χ1) is 4.01. The van der Waals surface area contributed by atoms with Crippen LogP contribution < -0.4 is 12.4 Å². The van der Waals surface area contributed by atoms with Crippen LogP contribution in [-0.4, -0.2) is 13.3 Å². The molecule has 0 saturated carbocycles. The van der Waals surface area contributed by atoms with Crippen molar-refractivity contribution in [2.75, 3.05) is 13.3 Å². The molecule has 0 amide bonds. The van der Waals surface area contributed by atoms with E-state index in [0.717, 1.165) is 0 Å². The molecule has 0 aromatic heterocycles. The molecule has 0 atom stereocenters. The van der Waals surface area contributed by atoms with Gasteiger partial charge in [0, 0.05) is 0 Å². The Morgan fingerprint density at radius 1 is 1.40 bits per heavy atom. The Kier molecular flexibility index (Phi) is 3.62. The van der Waals surface area contributed by atoms with E-state index in [-0.39, 0.29) is 12.4 Å². The first-order valence-corrected chi connectivity index (χ1v) is 6.54. The molecule has 0 N–H and O–H groups in total. The molecule has 0 radical (unpaired) electrons. The number of allylic oxidation sites excluding steroid dienone is 2. The van der Waals surface area contributed by atoms with E-state index in [1.165, 1.54) is 0 Å². The fourth-order valence-electron chi connectivity index (χ4n) is 0.759. The van der Waals surface area contributed by atoms with Crippen molar-refractivity contribution in [3.8, 4) is 0 Å². The van der Waals surface area contributed by atoms with Crippen molar-refractivity contribution in [1.82, 2.24) is 0 Å². The van der Waals surface area contributed by atoms with Crippen LogP contribution in [0.5, 0.6) is 0 Å². The van der Waals surface area contributed by atoms with Gasteiger partial charge in [0.15, 0.2) is 0 Å². The first-order valence-electron chi connectivity index (χ1n) is 2.71. The van der Waals surface area contributed by atoms with Crippen molar-refractivity contribution >= 4 is 30.5 Å². The van der Waals surface area contributed by atoms with E-state index in [4.69, 9.17) is 23.2 Å². The molecule has 0 aromatic carbocycles. The molecule has 0 bridgehead atoms. The summed E-state index contributed by atoms with van der Waals surface area (Å²) in [6.07, 6.45) is 0. The minimum Gasteiger partial charge on any atom is -1.00 e. The van der Waals surface area contributed by atoms with Gasteiger partial charge in [0.05, 0.1) is 0 Å². The minimum absolute atomic E-state index is 0. The van der Waals surface area contributed by atoms with Crippen LogP contribution >= 0.6 is 30.5 Å². The quantitative estimate of drug-likeness (QED) is 0.395. The van der Waals surface area contributed by atoms with E-state index < -0.39 is 7.26 Å². The summed E-state index contributed by atoms with van der Waals surface area (Å²) in [5.41, 5.74) is 0. The summed E-state index contributed by atoms with van der Waals surface area (Å²) in [4.78, 5) is 0. The second kappa shape index (κ2) is 3.39. The number of hydrogen-bond donors (Lipinski definition) is 0. The van der Waals surface area contributed by atoms with Gasteiger partial charge in [-0.15, -0.1) is 0 Å². The molecule has 0 saturated heterocycles. The smallest absolute Gasteiger partial charge is 1.00 e. The Labute approximate surface area is 78.0 Å². The molecule has 1 aliphatic rings. The summed E-state index contributed by atoms with van der Waals surface area (Å²) in [6.45, 7) is 4.29. The van der Waals surface area contributed by atoms with Gasteiger partial charge in [-0.2, -0.15) is 0 Å². The van der Waals surface area contributed by atoms with Crippen LogP contribution in [0.25, 0.3) is 0 Å². The van der Waals surface area contributed by atoms with Crippen LogP contribution in [0.3, 0.4) is 0 Å². The van der Waals surface area contributed by atoms with Gasteiger partial charge in [-0.3, -0.25) is 0 Å². The molecule has 1 rings (SSSR count). The summed E-state index contributed by atoms with van der Waals surface area (Å²) in [5, 5.41) is 1.28. The molecule has 0 aromatic rings. The second-order valence-electron chi connectivity index (χ2n) is 2.65. The van der Waals surface area contributed by atoms with Gasteiger partial charge >= 0.3 is 65.5 Å². The van der Waals surface area contributed by atoms with Crippen molar-refractivity contribution in [3.05, 3.63) is 21.7 Å². The van der Waals surface area contributed by atoms with E-state index in [2.05, 4.69) is 19.1 Å². The molecular formula is C6H8Cl3P. The fourth-order valence-corrected chi connectivity index (χ4v) is 4.13. The van der Waals surface area contributed by atoms with Crippen molar-refractivity contribution in [2.45, 2.75) is 0 Å². The third-order valence-electron chi connectivity index (χ3n) is 1.13. The summed E-state index contributed by atoms with van der Waals surface area (Å²) in [6, 6.07) is 0. The topological polar surface area (TPSA) is 0 Å². The number of hydrogen-bond acceptors (Lipinski definition) is 0. The second-order valence-corrected chi connectivity index (χ2v) is 7.42. The molecule has 58 valence electrons. The van der Waals surface area contributed by atoms with Gasteiger partial charge in [-0.05, 0) is 0 Å². The van der Waals surface area contributed by atoms with E-state index in [1.807, 2.05) is 5.82 Å². The third-order valence-corrected chi connectivity index (χ3v) is 4.07. The Morgan fingerprint density at radius 3 is 2.00 bits per heavy atom. The molecule has 1 aliphatic heterocycles.